The van der Waals surface area contributed by atoms with Gasteiger partial charge >= 0.3 is 0 Å². The number of likely N-dealkylation sites (tertiary alicyclic amines) is 1. The van der Waals surface area contributed by atoms with Gasteiger partial charge in [0.25, 0.3) is 5.91 Å². The number of nitrogens with one attached hydrogen (secondary N) is 1. The third-order valence-electron chi connectivity index (χ3n) is 5.35. The van der Waals surface area contributed by atoms with E-state index in [1.807, 2.05) is 23.1 Å². The summed E-state index contributed by atoms with van der Waals surface area (Å²) in [5, 5.41) is 4.04. The van der Waals surface area contributed by atoms with E-state index >= 15 is 0 Å². The monoisotopic (exact) mass is 405 g/mol. The Balaban J connectivity index is 1.71. The van der Waals surface area contributed by atoms with Gasteiger partial charge in [-0.25, -0.2) is 9.97 Å². The maximum Gasteiger partial charge on any atom is 0.271 e. The van der Waals surface area contributed by atoms with Crippen LogP contribution < -0.4 is 16.8 Å². The molecule has 3 aromatic rings. The molecule has 1 aliphatic heterocycles. The lowest BCUT2D eigenvalue weighted by Crippen LogP contribution is -2.37. The fraction of sp³-hybridized carbons (Fsp3) is 0.286. The van der Waals surface area contributed by atoms with Crippen LogP contribution >= 0.6 is 0 Å². The predicted molar refractivity (Wildman–Crippen MR) is 114 cm³/mol. The zero-order chi connectivity index (χ0) is 21.3. The molecule has 1 fully saturated rings. The molecular weight excluding hydrogens is 382 g/mol. The molecule has 1 aliphatic rings. The summed E-state index contributed by atoms with van der Waals surface area (Å²) in [5.41, 5.74) is 13.7. The number of rotatable bonds is 4. The number of aromatic nitrogens is 3. The maximum absolute atomic E-state index is 11.9. The van der Waals surface area contributed by atoms with Gasteiger partial charge in [-0.2, -0.15) is 0 Å². The molecule has 0 spiro atoms. The van der Waals surface area contributed by atoms with Crippen molar-refractivity contribution < 1.29 is 9.59 Å². The first-order valence-electron chi connectivity index (χ1n) is 9.76. The number of amides is 2. The highest BCUT2D eigenvalue weighted by atomic mass is 16.2. The molecule has 3 heterocycles. The highest BCUT2D eigenvalue weighted by Gasteiger charge is 2.24. The molecule has 2 aromatic heterocycles. The van der Waals surface area contributed by atoms with Gasteiger partial charge in [-0.3, -0.25) is 14.6 Å². The molecule has 0 aliphatic carbocycles. The van der Waals surface area contributed by atoms with E-state index in [1.165, 1.54) is 6.20 Å². The zero-order valence-electron chi connectivity index (χ0n) is 16.6. The molecule has 5 N–H and O–H groups in total. The Hall–Kier alpha value is -3.75. The molecule has 9 nitrogen and oxygen atoms in total. The Morgan fingerprint density at radius 3 is 2.83 bits per heavy atom. The molecule has 0 saturated carbocycles. The largest absolute Gasteiger partial charge is 0.382 e. The molecular formula is C21H23N7O2. The van der Waals surface area contributed by atoms with Crippen molar-refractivity contribution in [1.29, 1.82) is 0 Å². The summed E-state index contributed by atoms with van der Waals surface area (Å²) in [7, 11) is 0. The van der Waals surface area contributed by atoms with E-state index in [0.29, 0.717) is 12.2 Å². The highest BCUT2D eigenvalue weighted by molar-refractivity contribution is 5.96. The van der Waals surface area contributed by atoms with Crippen LogP contribution in [-0.2, 0) is 4.79 Å². The summed E-state index contributed by atoms with van der Waals surface area (Å²) in [6.07, 6.45) is 4.91. The SMILES string of the molecule is CC(=O)N1CCCC(c2cccc3ncc(Nc4nc(N)cnc4C(N)=O)cc23)C1. The van der Waals surface area contributed by atoms with Gasteiger partial charge in [0.05, 0.1) is 23.6 Å². The van der Waals surface area contributed by atoms with Crippen molar-refractivity contribution in [3.05, 3.63) is 47.9 Å². The van der Waals surface area contributed by atoms with Crippen LogP contribution in [0.4, 0.5) is 17.3 Å². The molecule has 154 valence electrons. The summed E-state index contributed by atoms with van der Waals surface area (Å²) in [6, 6.07) is 7.97. The fourth-order valence-corrected chi connectivity index (χ4v) is 3.92. The van der Waals surface area contributed by atoms with E-state index in [4.69, 9.17) is 11.5 Å². The van der Waals surface area contributed by atoms with Crippen molar-refractivity contribution in [3.8, 4) is 0 Å². The number of fused-ring (bicyclic) bond motifs is 1. The van der Waals surface area contributed by atoms with Crippen LogP contribution in [0.15, 0.2) is 36.7 Å². The van der Waals surface area contributed by atoms with E-state index in [2.05, 4.69) is 26.3 Å². The van der Waals surface area contributed by atoms with Crippen molar-refractivity contribution >= 4 is 40.0 Å². The van der Waals surface area contributed by atoms with Crippen molar-refractivity contribution in [1.82, 2.24) is 19.9 Å². The first-order chi connectivity index (χ1) is 14.4. The number of benzene rings is 1. The van der Waals surface area contributed by atoms with Gasteiger partial charge in [-0.15, -0.1) is 0 Å². The lowest BCUT2D eigenvalue weighted by molar-refractivity contribution is -0.130. The first kappa shape index (κ1) is 19.6. The molecule has 2 amide bonds. The summed E-state index contributed by atoms with van der Waals surface area (Å²) < 4.78 is 0. The number of carbonyl (C=O) groups is 2. The van der Waals surface area contributed by atoms with Crippen LogP contribution in [0.25, 0.3) is 10.9 Å². The molecule has 1 atom stereocenters. The Bertz CT molecular complexity index is 1130. The smallest absolute Gasteiger partial charge is 0.271 e. The van der Waals surface area contributed by atoms with Crippen LogP contribution in [0.5, 0.6) is 0 Å². The minimum atomic E-state index is -0.703. The minimum Gasteiger partial charge on any atom is -0.382 e. The van der Waals surface area contributed by atoms with Crippen LogP contribution in [0.3, 0.4) is 0 Å². The Morgan fingerprint density at radius 2 is 2.07 bits per heavy atom. The van der Waals surface area contributed by atoms with Crippen LogP contribution in [-0.4, -0.2) is 44.8 Å². The molecule has 9 heteroatoms. The molecule has 4 rings (SSSR count). The van der Waals surface area contributed by atoms with Crippen molar-refractivity contribution in [2.75, 3.05) is 24.1 Å². The predicted octanol–water partition coefficient (Wildman–Crippen LogP) is 2.18. The number of piperidine rings is 1. The van der Waals surface area contributed by atoms with Gasteiger partial charge in [0.2, 0.25) is 5.91 Å². The third-order valence-corrected chi connectivity index (χ3v) is 5.35. The van der Waals surface area contributed by atoms with E-state index in [1.54, 1.807) is 13.1 Å². The maximum atomic E-state index is 11.9. The fourth-order valence-electron chi connectivity index (χ4n) is 3.92. The third kappa shape index (κ3) is 3.86. The van der Waals surface area contributed by atoms with E-state index < -0.39 is 5.91 Å². The average molecular weight is 405 g/mol. The molecule has 1 aromatic carbocycles. The number of carbonyl (C=O) groups excluding carboxylic acids is 2. The summed E-state index contributed by atoms with van der Waals surface area (Å²) in [5.74, 6) is -0.0210. The second-order valence-electron chi connectivity index (χ2n) is 7.42. The molecule has 1 unspecified atom stereocenters. The van der Waals surface area contributed by atoms with Crippen molar-refractivity contribution in [2.45, 2.75) is 25.7 Å². The number of nitrogen functional groups attached to an aromatic ring is 1. The summed E-state index contributed by atoms with van der Waals surface area (Å²) >= 11 is 0. The molecule has 30 heavy (non-hydrogen) atoms. The lowest BCUT2D eigenvalue weighted by Gasteiger charge is -2.32. The van der Waals surface area contributed by atoms with E-state index in [9.17, 15) is 9.59 Å². The van der Waals surface area contributed by atoms with Gasteiger partial charge in [0, 0.05) is 31.3 Å². The van der Waals surface area contributed by atoms with Crippen LogP contribution in [0.1, 0.15) is 41.7 Å². The van der Waals surface area contributed by atoms with Crippen molar-refractivity contribution in [2.24, 2.45) is 5.73 Å². The summed E-state index contributed by atoms with van der Waals surface area (Å²) in [4.78, 5) is 38.1. The number of anilines is 3. The molecule has 0 bridgehead atoms. The van der Waals surface area contributed by atoms with Crippen molar-refractivity contribution in [3.63, 3.8) is 0 Å². The van der Waals surface area contributed by atoms with Gasteiger partial charge in [0.15, 0.2) is 11.5 Å². The number of nitrogens with two attached hydrogens (primary N) is 2. The first-order valence-corrected chi connectivity index (χ1v) is 9.76. The Labute approximate surface area is 173 Å². The lowest BCUT2D eigenvalue weighted by atomic mass is 9.88. The Kier molecular flexibility index (Phi) is 5.18. The number of hydrogen-bond acceptors (Lipinski definition) is 7. The van der Waals surface area contributed by atoms with E-state index in [0.717, 1.165) is 35.9 Å². The van der Waals surface area contributed by atoms with Gasteiger partial charge in [0.1, 0.15) is 5.82 Å². The highest BCUT2D eigenvalue weighted by Crippen LogP contribution is 2.33. The Morgan fingerprint density at radius 1 is 1.23 bits per heavy atom. The van der Waals surface area contributed by atoms with Gasteiger partial charge < -0.3 is 21.7 Å². The minimum absolute atomic E-state index is 0.00182. The normalized spacial score (nSPS) is 16.4. The van der Waals surface area contributed by atoms with Crippen LogP contribution in [0.2, 0.25) is 0 Å². The second kappa shape index (κ2) is 7.94. The van der Waals surface area contributed by atoms with E-state index in [-0.39, 0.29) is 29.2 Å². The quantitative estimate of drug-likeness (QED) is 0.604. The van der Waals surface area contributed by atoms with Crippen LogP contribution in [0, 0.1) is 0 Å². The average Bonchev–Trinajstić information content (AvgIpc) is 2.73. The second-order valence-corrected chi connectivity index (χ2v) is 7.42. The zero-order valence-corrected chi connectivity index (χ0v) is 16.6. The molecule has 1 saturated heterocycles. The number of primary amides is 1. The van der Waals surface area contributed by atoms with Gasteiger partial charge in [-0.05, 0) is 30.5 Å². The molecule has 0 radical (unpaired) electrons. The van der Waals surface area contributed by atoms with Gasteiger partial charge in [-0.1, -0.05) is 12.1 Å². The topological polar surface area (TPSA) is 140 Å². The summed E-state index contributed by atoms with van der Waals surface area (Å²) in [6.45, 7) is 3.10. The standard InChI is InChI=1S/C21H23N7O2/c1-12(29)28-7-3-4-13(11-28)15-5-2-6-17-16(15)8-14(9-24-17)26-21-19(20(23)30)25-10-18(22)27-21/h2,5-6,8-10,13H,3-4,7,11H2,1H3,(H2,23,30)(H3,22,26,27). The number of pyridine rings is 1. The number of nitrogens with zero attached hydrogens (tertiary/aromatic N) is 4. The number of hydrogen-bond donors (Lipinski definition) is 3.